The van der Waals surface area contributed by atoms with Gasteiger partial charge in [-0.3, -0.25) is 0 Å². The van der Waals surface area contributed by atoms with E-state index in [-0.39, 0.29) is 0 Å². The average Bonchev–Trinajstić information content (AvgIpc) is 3.02. The summed E-state index contributed by atoms with van der Waals surface area (Å²) in [5, 5.41) is 5.37. The minimum absolute atomic E-state index is 0.632. The summed E-state index contributed by atoms with van der Waals surface area (Å²) in [7, 11) is 0. The molecule has 0 aliphatic carbocycles. The Morgan fingerprint density at radius 2 is 1.56 bits per heavy atom. The molecule has 1 aromatic carbocycles. The van der Waals surface area contributed by atoms with E-state index in [2.05, 4.69) is 17.0 Å². The van der Waals surface area contributed by atoms with Crippen LogP contribution in [0.25, 0.3) is 5.69 Å². The van der Waals surface area contributed by atoms with Gasteiger partial charge in [-0.05, 0) is 43.3 Å². The van der Waals surface area contributed by atoms with Crippen molar-refractivity contribution in [2.75, 3.05) is 0 Å². The van der Waals surface area contributed by atoms with Crippen LogP contribution in [0.15, 0.2) is 18.2 Å². The number of H-pyrrole nitrogens is 1. The summed E-state index contributed by atoms with van der Waals surface area (Å²) in [5.74, 6) is 0.965. The van der Waals surface area contributed by atoms with Crippen LogP contribution in [0.2, 0.25) is 5.02 Å². The highest BCUT2D eigenvalue weighted by atomic mass is 35.5. The second kappa shape index (κ2) is 12.4. The van der Waals surface area contributed by atoms with Gasteiger partial charge >= 0.3 is 0 Å². The van der Waals surface area contributed by atoms with Crippen LogP contribution in [0, 0.1) is 11.7 Å². The van der Waals surface area contributed by atoms with E-state index in [1.54, 1.807) is 4.68 Å². The fourth-order valence-corrected chi connectivity index (χ4v) is 3.76. The lowest BCUT2D eigenvalue weighted by molar-refractivity contribution is 0.547. The zero-order valence-corrected chi connectivity index (χ0v) is 18.5. The number of unbranched alkanes of at least 4 members (excludes halogenated alkanes) is 10. The summed E-state index contributed by atoms with van der Waals surface area (Å²) in [6, 6.07) is 5.92. The number of halogens is 1. The summed E-state index contributed by atoms with van der Waals surface area (Å²) in [6.07, 6.45) is 15.8. The summed E-state index contributed by atoms with van der Waals surface area (Å²) in [5.41, 5.74) is 1.97. The average molecular weight is 408 g/mol. The van der Waals surface area contributed by atoms with Crippen LogP contribution >= 0.6 is 23.8 Å². The van der Waals surface area contributed by atoms with Crippen molar-refractivity contribution in [1.82, 2.24) is 14.8 Å². The maximum Gasteiger partial charge on any atom is 0.200 e. The van der Waals surface area contributed by atoms with Crippen molar-refractivity contribution < 1.29 is 0 Å². The van der Waals surface area contributed by atoms with E-state index >= 15 is 0 Å². The van der Waals surface area contributed by atoms with Crippen molar-refractivity contribution in [3.63, 3.8) is 0 Å². The molecular formula is C22H34ClN3S. The third kappa shape index (κ3) is 7.79. The van der Waals surface area contributed by atoms with Crippen LogP contribution in [0.3, 0.4) is 0 Å². The number of benzene rings is 1. The summed E-state index contributed by atoms with van der Waals surface area (Å²) in [6.45, 7) is 4.27. The van der Waals surface area contributed by atoms with Gasteiger partial charge in [-0.2, -0.15) is 5.10 Å². The molecule has 3 nitrogen and oxygen atoms in total. The number of hydrogen-bond donors (Lipinski definition) is 1. The standard InChI is InChI=1S/C22H34ClN3S/c1-3-4-5-6-7-8-9-10-11-12-13-14-21-24-22(27)26(25-21)19-16-15-18(2)20(23)17-19/h15-17H,3-14H2,1-2H3,(H,24,25,27). The topological polar surface area (TPSA) is 33.6 Å². The lowest BCUT2D eigenvalue weighted by Crippen LogP contribution is -1.98. The zero-order chi connectivity index (χ0) is 19.5. The van der Waals surface area contributed by atoms with E-state index in [0.29, 0.717) is 4.77 Å². The van der Waals surface area contributed by atoms with Crippen molar-refractivity contribution in [2.24, 2.45) is 0 Å². The van der Waals surface area contributed by atoms with Gasteiger partial charge in [-0.25, -0.2) is 4.68 Å². The monoisotopic (exact) mass is 407 g/mol. The summed E-state index contributed by atoms with van der Waals surface area (Å²) >= 11 is 11.6. The van der Waals surface area contributed by atoms with Crippen LogP contribution in [0.5, 0.6) is 0 Å². The molecule has 0 aliphatic heterocycles. The van der Waals surface area contributed by atoms with Crippen LogP contribution in [-0.2, 0) is 6.42 Å². The first kappa shape index (κ1) is 22.2. The largest absolute Gasteiger partial charge is 0.318 e. The predicted octanol–water partition coefficient (Wildman–Crippen LogP) is 7.75. The van der Waals surface area contributed by atoms with Gasteiger partial charge < -0.3 is 4.98 Å². The molecule has 0 radical (unpaired) electrons. The first-order chi connectivity index (χ1) is 13.1. The first-order valence-electron chi connectivity index (χ1n) is 10.6. The molecule has 27 heavy (non-hydrogen) atoms. The van der Waals surface area contributed by atoms with Crippen molar-refractivity contribution >= 4 is 23.8 Å². The number of hydrogen-bond acceptors (Lipinski definition) is 2. The van der Waals surface area contributed by atoms with Gasteiger partial charge in [-0.1, -0.05) is 88.8 Å². The number of rotatable bonds is 13. The van der Waals surface area contributed by atoms with Crippen molar-refractivity contribution in [2.45, 2.75) is 90.9 Å². The van der Waals surface area contributed by atoms with Gasteiger partial charge in [0.15, 0.2) is 4.77 Å². The Labute approximate surface area is 174 Å². The number of aromatic amines is 1. The van der Waals surface area contributed by atoms with Crippen LogP contribution in [0.4, 0.5) is 0 Å². The molecule has 1 N–H and O–H groups in total. The number of aryl methyl sites for hydroxylation is 2. The predicted molar refractivity (Wildman–Crippen MR) is 119 cm³/mol. The lowest BCUT2D eigenvalue weighted by atomic mass is 10.1. The van der Waals surface area contributed by atoms with E-state index in [1.807, 2.05) is 25.1 Å². The Morgan fingerprint density at radius 3 is 2.15 bits per heavy atom. The van der Waals surface area contributed by atoms with Gasteiger partial charge in [0.2, 0.25) is 0 Å². The van der Waals surface area contributed by atoms with E-state index in [9.17, 15) is 0 Å². The van der Waals surface area contributed by atoms with E-state index < -0.39 is 0 Å². The number of aromatic nitrogens is 3. The number of nitrogens with zero attached hydrogens (tertiary/aromatic N) is 2. The van der Waals surface area contributed by atoms with Gasteiger partial charge in [0.05, 0.1) is 5.69 Å². The highest BCUT2D eigenvalue weighted by molar-refractivity contribution is 7.71. The highest BCUT2D eigenvalue weighted by Crippen LogP contribution is 2.19. The second-order valence-electron chi connectivity index (χ2n) is 7.51. The molecule has 2 aromatic rings. The minimum atomic E-state index is 0.632. The van der Waals surface area contributed by atoms with Crippen molar-refractivity contribution in [3.8, 4) is 5.69 Å². The third-order valence-corrected chi connectivity index (χ3v) is 5.76. The van der Waals surface area contributed by atoms with Crippen molar-refractivity contribution in [1.29, 1.82) is 0 Å². The minimum Gasteiger partial charge on any atom is -0.318 e. The van der Waals surface area contributed by atoms with Crippen LogP contribution in [0.1, 0.15) is 88.9 Å². The molecule has 0 atom stereocenters. The van der Waals surface area contributed by atoms with Gasteiger partial charge in [0.25, 0.3) is 0 Å². The lowest BCUT2D eigenvalue weighted by Gasteiger charge is -2.03. The van der Waals surface area contributed by atoms with Crippen LogP contribution < -0.4 is 0 Å². The molecule has 0 saturated heterocycles. The molecule has 0 fully saturated rings. The quantitative estimate of drug-likeness (QED) is 0.272. The van der Waals surface area contributed by atoms with E-state index in [4.69, 9.17) is 23.8 Å². The van der Waals surface area contributed by atoms with Gasteiger partial charge in [-0.15, -0.1) is 0 Å². The molecule has 1 heterocycles. The Hall–Kier alpha value is -1.13. The molecule has 5 heteroatoms. The Bertz CT molecular complexity index is 735. The maximum atomic E-state index is 6.22. The zero-order valence-electron chi connectivity index (χ0n) is 16.9. The third-order valence-electron chi connectivity index (χ3n) is 5.08. The molecule has 0 unspecified atom stereocenters. The smallest absolute Gasteiger partial charge is 0.200 e. The molecule has 0 aliphatic rings. The molecule has 0 bridgehead atoms. The molecule has 1 aromatic heterocycles. The SMILES string of the molecule is CCCCCCCCCCCCCc1nn(-c2ccc(C)c(Cl)c2)c(=S)[nH]1. The maximum absolute atomic E-state index is 6.22. The normalized spacial score (nSPS) is 11.2. The highest BCUT2D eigenvalue weighted by Gasteiger charge is 2.06. The molecule has 0 spiro atoms. The number of nitrogens with one attached hydrogen (secondary N) is 1. The molecule has 150 valence electrons. The fraction of sp³-hybridized carbons (Fsp3) is 0.636. The first-order valence-corrected chi connectivity index (χ1v) is 11.3. The second-order valence-corrected chi connectivity index (χ2v) is 8.30. The van der Waals surface area contributed by atoms with Gasteiger partial charge in [0, 0.05) is 11.4 Å². The van der Waals surface area contributed by atoms with E-state index in [1.165, 1.54) is 64.2 Å². The Kier molecular flexibility index (Phi) is 10.1. The molecule has 0 saturated carbocycles. The van der Waals surface area contributed by atoms with Crippen molar-refractivity contribution in [3.05, 3.63) is 39.4 Å². The van der Waals surface area contributed by atoms with E-state index in [0.717, 1.165) is 34.9 Å². The summed E-state index contributed by atoms with van der Waals surface area (Å²) < 4.78 is 2.40. The Morgan fingerprint density at radius 1 is 0.963 bits per heavy atom. The Balaban J connectivity index is 1.64. The summed E-state index contributed by atoms with van der Waals surface area (Å²) in [4.78, 5) is 3.24. The van der Waals surface area contributed by atoms with Crippen LogP contribution in [-0.4, -0.2) is 14.8 Å². The molecule has 0 amide bonds. The van der Waals surface area contributed by atoms with Gasteiger partial charge in [0.1, 0.15) is 5.82 Å². The molecular weight excluding hydrogens is 374 g/mol. The molecule has 2 rings (SSSR count). The fourth-order valence-electron chi connectivity index (χ4n) is 3.33.